The molecule has 1 aliphatic rings. The summed E-state index contributed by atoms with van der Waals surface area (Å²) in [6.07, 6.45) is 0. The Labute approximate surface area is 72.6 Å². The molecule has 0 aromatic rings. The molecule has 1 saturated heterocycles. The van der Waals surface area contributed by atoms with Crippen LogP contribution in [0.3, 0.4) is 0 Å². The molecule has 0 spiro atoms. The Balaban J connectivity index is 2.53. The molecule has 1 heterocycles. The summed E-state index contributed by atoms with van der Waals surface area (Å²) in [5.74, 6) is 0. The highest BCUT2D eigenvalue weighted by atomic mass is 32.2. The normalized spacial score (nSPS) is 23.6. The van der Waals surface area contributed by atoms with Gasteiger partial charge in [-0.1, -0.05) is 6.92 Å². The predicted octanol–water partition coefficient (Wildman–Crippen LogP) is -1.09. The Hall–Kier alpha value is -0.170. The van der Waals surface area contributed by atoms with Gasteiger partial charge in [-0.05, 0) is 6.92 Å². The van der Waals surface area contributed by atoms with E-state index in [9.17, 15) is 13.5 Å². The van der Waals surface area contributed by atoms with Gasteiger partial charge in [-0.25, -0.2) is 4.72 Å². The van der Waals surface area contributed by atoms with Gasteiger partial charge in [0.05, 0.1) is 5.60 Å². The molecular weight excluding hydrogens is 180 g/mol. The van der Waals surface area contributed by atoms with E-state index in [1.807, 2.05) is 0 Å². The molecule has 0 aromatic carbocycles. The molecule has 0 bridgehead atoms. The number of β-amino-alcohol motifs (C(OH)–C–C–N with tert-alkyl or cyclic N) is 1. The van der Waals surface area contributed by atoms with Gasteiger partial charge in [0.25, 0.3) is 10.2 Å². The van der Waals surface area contributed by atoms with E-state index in [1.165, 1.54) is 4.31 Å². The van der Waals surface area contributed by atoms with Crippen LogP contribution >= 0.6 is 0 Å². The van der Waals surface area contributed by atoms with Gasteiger partial charge in [-0.15, -0.1) is 0 Å². The molecule has 2 N–H and O–H groups in total. The van der Waals surface area contributed by atoms with Crippen molar-refractivity contribution in [2.75, 3.05) is 19.6 Å². The molecule has 1 fully saturated rings. The lowest BCUT2D eigenvalue weighted by Gasteiger charge is -2.42. The second kappa shape index (κ2) is 2.95. The first-order valence-corrected chi connectivity index (χ1v) is 5.28. The van der Waals surface area contributed by atoms with Gasteiger partial charge in [0.2, 0.25) is 0 Å². The summed E-state index contributed by atoms with van der Waals surface area (Å²) < 4.78 is 26.0. The number of nitrogens with zero attached hydrogens (tertiary/aromatic N) is 1. The predicted molar refractivity (Wildman–Crippen MR) is 44.8 cm³/mol. The summed E-state index contributed by atoms with van der Waals surface area (Å²) in [6, 6.07) is 0. The molecule has 1 rings (SSSR count). The van der Waals surface area contributed by atoms with Crippen molar-refractivity contribution in [3.8, 4) is 0 Å². The van der Waals surface area contributed by atoms with Crippen LogP contribution in [-0.4, -0.2) is 43.1 Å². The first-order chi connectivity index (χ1) is 5.37. The fourth-order valence-corrected chi connectivity index (χ4v) is 2.60. The zero-order valence-corrected chi connectivity index (χ0v) is 8.06. The van der Waals surface area contributed by atoms with Gasteiger partial charge >= 0.3 is 0 Å². The van der Waals surface area contributed by atoms with E-state index in [0.29, 0.717) is 6.54 Å². The minimum absolute atomic E-state index is 0.183. The largest absolute Gasteiger partial charge is 0.387 e. The lowest BCUT2D eigenvalue weighted by molar-refractivity contribution is -0.0431. The molecule has 0 amide bonds. The Bertz CT molecular complexity index is 252. The highest BCUT2D eigenvalue weighted by Gasteiger charge is 2.42. The van der Waals surface area contributed by atoms with Gasteiger partial charge in [-0.3, -0.25) is 0 Å². The third-order valence-electron chi connectivity index (χ3n) is 1.70. The van der Waals surface area contributed by atoms with Gasteiger partial charge in [0.1, 0.15) is 0 Å². The van der Waals surface area contributed by atoms with Crippen molar-refractivity contribution in [1.29, 1.82) is 0 Å². The summed E-state index contributed by atoms with van der Waals surface area (Å²) in [5, 5.41) is 9.28. The molecule has 1 aliphatic heterocycles. The van der Waals surface area contributed by atoms with Crippen molar-refractivity contribution < 1.29 is 13.5 Å². The summed E-state index contributed by atoms with van der Waals surface area (Å²) >= 11 is 0. The van der Waals surface area contributed by atoms with Crippen LogP contribution in [0.4, 0.5) is 0 Å². The Morgan fingerprint density at radius 3 is 2.42 bits per heavy atom. The Kier molecular flexibility index (Phi) is 2.44. The first-order valence-electron chi connectivity index (χ1n) is 3.84. The summed E-state index contributed by atoms with van der Waals surface area (Å²) in [4.78, 5) is 0. The molecule has 6 heteroatoms. The minimum Gasteiger partial charge on any atom is -0.387 e. The second-order valence-corrected chi connectivity index (χ2v) is 5.02. The first kappa shape index (κ1) is 9.91. The van der Waals surface area contributed by atoms with Gasteiger partial charge < -0.3 is 5.11 Å². The highest BCUT2D eigenvalue weighted by molar-refractivity contribution is 7.87. The van der Waals surface area contributed by atoms with E-state index < -0.39 is 15.8 Å². The monoisotopic (exact) mass is 194 g/mol. The third kappa shape index (κ3) is 1.95. The van der Waals surface area contributed by atoms with Crippen LogP contribution in [0.5, 0.6) is 0 Å². The number of hydrogen-bond donors (Lipinski definition) is 2. The number of aliphatic hydroxyl groups is 1. The molecule has 5 nitrogen and oxygen atoms in total. The quantitative estimate of drug-likeness (QED) is 0.599. The van der Waals surface area contributed by atoms with Crippen LogP contribution in [0.25, 0.3) is 0 Å². The van der Waals surface area contributed by atoms with Crippen LogP contribution in [0.1, 0.15) is 13.8 Å². The molecule has 0 unspecified atom stereocenters. The van der Waals surface area contributed by atoms with Crippen LogP contribution in [0.15, 0.2) is 0 Å². The van der Waals surface area contributed by atoms with E-state index in [2.05, 4.69) is 4.72 Å². The van der Waals surface area contributed by atoms with Crippen molar-refractivity contribution in [2.45, 2.75) is 19.4 Å². The molecule has 0 radical (unpaired) electrons. The summed E-state index contributed by atoms with van der Waals surface area (Å²) in [6.45, 7) is 4.08. The molecule has 0 aromatic heterocycles. The van der Waals surface area contributed by atoms with Gasteiger partial charge in [0.15, 0.2) is 0 Å². The van der Waals surface area contributed by atoms with E-state index in [-0.39, 0.29) is 13.1 Å². The fraction of sp³-hybridized carbons (Fsp3) is 1.00. The van der Waals surface area contributed by atoms with Crippen LogP contribution in [0, 0.1) is 0 Å². The standard InChI is InChI=1S/C6H14N2O3S/c1-3-7-12(10,11)8-4-6(2,9)5-8/h7,9H,3-5H2,1-2H3. The molecule has 12 heavy (non-hydrogen) atoms. The van der Waals surface area contributed by atoms with E-state index in [0.717, 1.165) is 0 Å². The maximum Gasteiger partial charge on any atom is 0.279 e. The van der Waals surface area contributed by atoms with E-state index in [4.69, 9.17) is 0 Å². The lowest BCUT2D eigenvalue weighted by atomic mass is 10.0. The average molecular weight is 194 g/mol. The van der Waals surface area contributed by atoms with Gasteiger partial charge in [-0.2, -0.15) is 12.7 Å². The smallest absolute Gasteiger partial charge is 0.279 e. The summed E-state index contributed by atoms with van der Waals surface area (Å²) in [7, 11) is -3.32. The van der Waals surface area contributed by atoms with E-state index >= 15 is 0 Å². The highest BCUT2D eigenvalue weighted by Crippen LogP contribution is 2.21. The second-order valence-electron chi connectivity index (χ2n) is 3.27. The minimum atomic E-state index is -3.32. The SMILES string of the molecule is CCNS(=O)(=O)N1CC(C)(O)C1. The zero-order chi connectivity index (χ0) is 9.41. The molecular formula is C6H14N2O3S. The fourth-order valence-electron chi connectivity index (χ4n) is 1.16. The topological polar surface area (TPSA) is 69.6 Å². The zero-order valence-electron chi connectivity index (χ0n) is 7.24. The maximum absolute atomic E-state index is 11.2. The number of hydrogen-bond acceptors (Lipinski definition) is 3. The van der Waals surface area contributed by atoms with Crippen molar-refractivity contribution in [1.82, 2.24) is 9.03 Å². The lowest BCUT2D eigenvalue weighted by Crippen LogP contribution is -2.63. The Morgan fingerprint density at radius 1 is 1.58 bits per heavy atom. The maximum atomic E-state index is 11.2. The molecule has 0 saturated carbocycles. The van der Waals surface area contributed by atoms with Crippen LogP contribution < -0.4 is 4.72 Å². The van der Waals surface area contributed by atoms with Gasteiger partial charge in [0, 0.05) is 19.6 Å². The molecule has 0 aliphatic carbocycles. The van der Waals surface area contributed by atoms with Crippen LogP contribution in [-0.2, 0) is 10.2 Å². The van der Waals surface area contributed by atoms with Crippen molar-refractivity contribution in [3.05, 3.63) is 0 Å². The number of nitrogens with one attached hydrogen (secondary N) is 1. The average Bonchev–Trinajstić information content (AvgIpc) is 1.82. The Morgan fingerprint density at radius 2 is 2.08 bits per heavy atom. The summed E-state index contributed by atoms with van der Waals surface area (Å²) in [5.41, 5.74) is -0.845. The van der Waals surface area contributed by atoms with Crippen molar-refractivity contribution >= 4 is 10.2 Å². The molecule has 72 valence electrons. The molecule has 0 atom stereocenters. The van der Waals surface area contributed by atoms with Crippen molar-refractivity contribution in [2.24, 2.45) is 0 Å². The van der Waals surface area contributed by atoms with Crippen LogP contribution in [0.2, 0.25) is 0 Å². The number of rotatable bonds is 3. The third-order valence-corrected chi connectivity index (χ3v) is 3.29. The van der Waals surface area contributed by atoms with E-state index in [1.54, 1.807) is 13.8 Å². The van der Waals surface area contributed by atoms with Crippen molar-refractivity contribution in [3.63, 3.8) is 0 Å².